The SMILES string of the molecule is COc1cc(C(=S)N2CCC(C)CC2)ccc1OCc1ccccc1. The Morgan fingerprint density at radius 3 is 2.48 bits per heavy atom. The normalized spacial score (nSPS) is 15.0. The first-order chi connectivity index (χ1) is 12.2. The summed E-state index contributed by atoms with van der Waals surface area (Å²) in [6.07, 6.45) is 2.41. The van der Waals surface area contributed by atoms with Crippen molar-refractivity contribution < 1.29 is 9.47 Å². The lowest BCUT2D eigenvalue weighted by Crippen LogP contribution is -2.37. The van der Waals surface area contributed by atoms with Crippen molar-refractivity contribution >= 4 is 17.2 Å². The van der Waals surface area contributed by atoms with E-state index in [-0.39, 0.29) is 0 Å². The van der Waals surface area contributed by atoms with Crippen LogP contribution in [0.15, 0.2) is 48.5 Å². The van der Waals surface area contributed by atoms with Gasteiger partial charge in [0.2, 0.25) is 0 Å². The van der Waals surface area contributed by atoms with E-state index in [0.717, 1.165) is 46.6 Å². The molecule has 3 nitrogen and oxygen atoms in total. The number of hydrogen-bond acceptors (Lipinski definition) is 3. The number of piperidine rings is 1. The topological polar surface area (TPSA) is 21.7 Å². The van der Waals surface area contributed by atoms with Gasteiger partial charge in [0.25, 0.3) is 0 Å². The van der Waals surface area contributed by atoms with E-state index in [2.05, 4.69) is 11.8 Å². The van der Waals surface area contributed by atoms with Crippen LogP contribution in [-0.2, 0) is 6.61 Å². The third kappa shape index (κ3) is 4.51. The quantitative estimate of drug-likeness (QED) is 0.726. The molecule has 0 atom stereocenters. The van der Waals surface area contributed by atoms with E-state index in [0.29, 0.717) is 6.61 Å². The Morgan fingerprint density at radius 2 is 1.80 bits per heavy atom. The van der Waals surface area contributed by atoms with Crippen LogP contribution in [0, 0.1) is 5.92 Å². The number of likely N-dealkylation sites (tertiary alicyclic amines) is 1. The van der Waals surface area contributed by atoms with Crippen molar-refractivity contribution in [2.45, 2.75) is 26.4 Å². The summed E-state index contributed by atoms with van der Waals surface area (Å²) < 4.78 is 11.5. The largest absolute Gasteiger partial charge is 0.493 e. The standard InChI is InChI=1S/C21H25NO2S/c1-16-10-12-22(13-11-16)21(25)18-8-9-19(20(14-18)23-2)24-15-17-6-4-3-5-7-17/h3-9,14,16H,10-13,15H2,1-2H3. The molecule has 1 saturated heterocycles. The fraction of sp³-hybridized carbons (Fsp3) is 0.381. The molecule has 1 heterocycles. The van der Waals surface area contributed by atoms with Crippen molar-refractivity contribution in [3.8, 4) is 11.5 Å². The first-order valence-electron chi connectivity index (χ1n) is 8.81. The number of nitrogens with zero attached hydrogens (tertiary/aromatic N) is 1. The maximum absolute atomic E-state index is 5.93. The monoisotopic (exact) mass is 355 g/mol. The van der Waals surface area contributed by atoms with E-state index in [9.17, 15) is 0 Å². The van der Waals surface area contributed by atoms with Crippen LogP contribution in [0.4, 0.5) is 0 Å². The molecule has 1 aliphatic heterocycles. The summed E-state index contributed by atoms with van der Waals surface area (Å²) in [5.41, 5.74) is 2.15. The molecule has 0 bridgehead atoms. The molecular formula is C21H25NO2S. The van der Waals surface area contributed by atoms with Gasteiger partial charge in [-0.05, 0) is 42.5 Å². The van der Waals surface area contributed by atoms with Crippen molar-refractivity contribution in [1.29, 1.82) is 0 Å². The van der Waals surface area contributed by atoms with Crippen LogP contribution in [0.5, 0.6) is 11.5 Å². The number of ether oxygens (including phenoxy) is 2. The molecule has 0 aliphatic carbocycles. The molecule has 0 aromatic heterocycles. The van der Waals surface area contributed by atoms with Gasteiger partial charge in [-0.1, -0.05) is 49.5 Å². The Hall–Kier alpha value is -2.07. The number of rotatable bonds is 5. The van der Waals surface area contributed by atoms with Gasteiger partial charge in [0.15, 0.2) is 11.5 Å². The lowest BCUT2D eigenvalue weighted by molar-refractivity contribution is 0.282. The predicted molar refractivity (Wildman–Crippen MR) is 105 cm³/mol. The summed E-state index contributed by atoms with van der Waals surface area (Å²) >= 11 is 5.70. The first kappa shape index (κ1) is 17.7. The second-order valence-corrected chi connectivity index (χ2v) is 7.00. The molecule has 3 rings (SSSR count). The highest BCUT2D eigenvalue weighted by Crippen LogP contribution is 2.30. The molecule has 0 amide bonds. The molecule has 0 radical (unpaired) electrons. The minimum absolute atomic E-state index is 0.519. The Kier molecular flexibility index (Phi) is 5.92. The molecule has 132 valence electrons. The van der Waals surface area contributed by atoms with Gasteiger partial charge in [0.05, 0.1) is 7.11 Å². The third-order valence-electron chi connectivity index (χ3n) is 4.72. The molecule has 25 heavy (non-hydrogen) atoms. The van der Waals surface area contributed by atoms with Gasteiger partial charge in [0.1, 0.15) is 11.6 Å². The summed E-state index contributed by atoms with van der Waals surface area (Å²) in [5, 5.41) is 0. The van der Waals surface area contributed by atoms with Crippen LogP contribution >= 0.6 is 12.2 Å². The summed E-state index contributed by atoms with van der Waals surface area (Å²) in [6, 6.07) is 16.1. The van der Waals surface area contributed by atoms with Gasteiger partial charge in [-0.3, -0.25) is 0 Å². The smallest absolute Gasteiger partial charge is 0.161 e. The Bertz CT molecular complexity index is 709. The molecule has 0 unspecified atom stereocenters. The zero-order valence-corrected chi connectivity index (χ0v) is 15.7. The number of thiocarbonyl (C=S) groups is 1. The summed E-state index contributed by atoms with van der Waals surface area (Å²) in [6.45, 7) is 4.90. The highest BCUT2D eigenvalue weighted by molar-refractivity contribution is 7.80. The first-order valence-corrected chi connectivity index (χ1v) is 9.22. The van der Waals surface area contributed by atoms with E-state index >= 15 is 0 Å². The second-order valence-electron chi connectivity index (χ2n) is 6.61. The van der Waals surface area contributed by atoms with Crippen LogP contribution in [-0.4, -0.2) is 30.1 Å². The number of methoxy groups -OCH3 is 1. The fourth-order valence-corrected chi connectivity index (χ4v) is 3.36. The van der Waals surface area contributed by atoms with E-state index in [1.54, 1.807) is 7.11 Å². The molecule has 2 aromatic rings. The Morgan fingerprint density at radius 1 is 1.08 bits per heavy atom. The van der Waals surface area contributed by atoms with Gasteiger partial charge in [0, 0.05) is 18.7 Å². The summed E-state index contributed by atoms with van der Waals surface area (Å²) in [4.78, 5) is 3.20. The Labute approximate surface area is 155 Å². The molecule has 0 saturated carbocycles. The van der Waals surface area contributed by atoms with E-state index in [1.807, 2.05) is 48.5 Å². The van der Waals surface area contributed by atoms with Crippen molar-refractivity contribution in [3.05, 3.63) is 59.7 Å². The lowest BCUT2D eigenvalue weighted by Gasteiger charge is -2.32. The maximum atomic E-state index is 5.93. The molecular weight excluding hydrogens is 330 g/mol. The fourth-order valence-electron chi connectivity index (χ4n) is 3.05. The average molecular weight is 356 g/mol. The van der Waals surface area contributed by atoms with Gasteiger partial charge < -0.3 is 14.4 Å². The molecule has 2 aromatic carbocycles. The third-order valence-corrected chi connectivity index (χ3v) is 5.21. The van der Waals surface area contributed by atoms with E-state index in [1.165, 1.54) is 12.8 Å². The summed E-state index contributed by atoms with van der Waals surface area (Å²) in [7, 11) is 1.67. The second kappa shape index (κ2) is 8.34. The van der Waals surface area contributed by atoms with Crippen LogP contribution in [0.25, 0.3) is 0 Å². The molecule has 0 N–H and O–H groups in total. The maximum Gasteiger partial charge on any atom is 0.161 e. The minimum atomic E-state index is 0.519. The molecule has 1 fully saturated rings. The van der Waals surface area contributed by atoms with E-state index < -0.39 is 0 Å². The summed E-state index contributed by atoms with van der Waals surface area (Å²) in [5.74, 6) is 2.26. The van der Waals surface area contributed by atoms with Crippen LogP contribution in [0.1, 0.15) is 30.9 Å². The zero-order valence-electron chi connectivity index (χ0n) is 14.9. The van der Waals surface area contributed by atoms with Crippen molar-refractivity contribution in [1.82, 2.24) is 4.90 Å². The van der Waals surface area contributed by atoms with Gasteiger partial charge in [-0.2, -0.15) is 0 Å². The molecule has 1 aliphatic rings. The van der Waals surface area contributed by atoms with Crippen molar-refractivity contribution in [3.63, 3.8) is 0 Å². The lowest BCUT2D eigenvalue weighted by atomic mass is 9.99. The van der Waals surface area contributed by atoms with Gasteiger partial charge in [-0.25, -0.2) is 0 Å². The predicted octanol–water partition coefficient (Wildman–Crippen LogP) is 4.68. The van der Waals surface area contributed by atoms with Crippen molar-refractivity contribution in [2.75, 3.05) is 20.2 Å². The number of hydrogen-bond donors (Lipinski definition) is 0. The van der Waals surface area contributed by atoms with Crippen molar-refractivity contribution in [2.24, 2.45) is 5.92 Å². The Balaban J connectivity index is 1.69. The number of benzene rings is 2. The van der Waals surface area contributed by atoms with E-state index in [4.69, 9.17) is 21.7 Å². The molecule has 0 spiro atoms. The highest BCUT2D eigenvalue weighted by Gasteiger charge is 2.19. The molecule has 4 heteroatoms. The highest BCUT2D eigenvalue weighted by atomic mass is 32.1. The minimum Gasteiger partial charge on any atom is -0.493 e. The zero-order chi connectivity index (χ0) is 17.6. The van der Waals surface area contributed by atoms with Crippen LogP contribution in [0.2, 0.25) is 0 Å². The van der Waals surface area contributed by atoms with Gasteiger partial charge in [-0.15, -0.1) is 0 Å². The van der Waals surface area contributed by atoms with Gasteiger partial charge >= 0.3 is 0 Å². The van der Waals surface area contributed by atoms with Crippen LogP contribution in [0.3, 0.4) is 0 Å². The average Bonchev–Trinajstić information content (AvgIpc) is 2.67. The van der Waals surface area contributed by atoms with Crippen LogP contribution < -0.4 is 9.47 Å².